The number of likely N-dealkylation sites (tertiary alicyclic amines) is 1. The van der Waals surface area contributed by atoms with Gasteiger partial charge in [0.2, 0.25) is 11.7 Å². The lowest BCUT2D eigenvalue weighted by atomic mass is 10.0. The molecule has 7 heteroatoms. The average Bonchev–Trinajstić information content (AvgIpc) is 3.38. The van der Waals surface area contributed by atoms with Crippen molar-refractivity contribution < 1.29 is 14.0 Å². The van der Waals surface area contributed by atoms with Gasteiger partial charge in [0.25, 0.3) is 0 Å². The van der Waals surface area contributed by atoms with E-state index in [1.165, 1.54) is 0 Å². The predicted molar refractivity (Wildman–Crippen MR) is 107 cm³/mol. The average molecular weight is 400 g/mol. The standard InChI is InChI=1S/C21H22ClN3O3/c1-26-14-9-10-16(19(12-14)27-2)18-8-5-11-25(18)13-20-23-21(24-28-20)15-6-3-4-7-17(15)22/h3-4,6-7,9-10,12,18H,5,8,11,13H2,1-2H3/t18-/m0/s1. The van der Waals surface area contributed by atoms with E-state index in [0.717, 1.165) is 42.0 Å². The molecule has 0 unspecified atom stereocenters. The molecule has 0 saturated carbocycles. The van der Waals surface area contributed by atoms with Crippen molar-refractivity contribution in [3.63, 3.8) is 0 Å². The third-order valence-electron chi connectivity index (χ3n) is 5.08. The minimum absolute atomic E-state index is 0.233. The fourth-order valence-electron chi connectivity index (χ4n) is 3.71. The Labute approximate surface area is 169 Å². The van der Waals surface area contributed by atoms with E-state index in [1.807, 2.05) is 36.4 Å². The number of benzene rings is 2. The molecule has 2 aromatic carbocycles. The summed E-state index contributed by atoms with van der Waals surface area (Å²) in [5.74, 6) is 2.71. The molecule has 1 fully saturated rings. The second-order valence-electron chi connectivity index (χ2n) is 6.73. The molecule has 0 N–H and O–H groups in total. The van der Waals surface area contributed by atoms with E-state index in [-0.39, 0.29) is 6.04 Å². The summed E-state index contributed by atoms with van der Waals surface area (Å²) in [6.07, 6.45) is 2.15. The molecule has 0 aliphatic carbocycles. The summed E-state index contributed by atoms with van der Waals surface area (Å²) in [7, 11) is 3.34. The number of rotatable bonds is 6. The molecule has 1 aliphatic heterocycles. The van der Waals surface area contributed by atoms with Gasteiger partial charge in [0.15, 0.2) is 0 Å². The zero-order chi connectivity index (χ0) is 19.5. The number of aromatic nitrogens is 2. The summed E-state index contributed by atoms with van der Waals surface area (Å²) < 4.78 is 16.4. The molecule has 1 aliphatic rings. The van der Waals surface area contributed by atoms with Gasteiger partial charge in [0.1, 0.15) is 11.5 Å². The minimum Gasteiger partial charge on any atom is -0.497 e. The maximum absolute atomic E-state index is 6.24. The monoisotopic (exact) mass is 399 g/mol. The molecule has 0 spiro atoms. The number of halogens is 1. The van der Waals surface area contributed by atoms with E-state index in [9.17, 15) is 0 Å². The van der Waals surface area contributed by atoms with E-state index in [0.29, 0.717) is 23.3 Å². The lowest BCUT2D eigenvalue weighted by Gasteiger charge is -2.25. The Morgan fingerprint density at radius 3 is 2.82 bits per heavy atom. The molecule has 1 atom stereocenters. The van der Waals surface area contributed by atoms with Crippen LogP contribution in [0.4, 0.5) is 0 Å². The van der Waals surface area contributed by atoms with Gasteiger partial charge in [0.05, 0.1) is 25.8 Å². The molecule has 146 valence electrons. The number of nitrogens with zero attached hydrogens (tertiary/aromatic N) is 3. The van der Waals surface area contributed by atoms with Crippen molar-refractivity contribution in [2.24, 2.45) is 0 Å². The first-order chi connectivity index (χ1) is 13.7. The van der Waals surface area contributed by atoms with Crippen LogP contribution in [0.1, 0.15) is 30.3 Å². The molecule has 28 heavy (non-hydrogen) atoms. The van der Waals surface area contributed by atoms with E-state index < -0.39 is 0 Å². The molecule has 2 heterocycles. The molecule has 6 nitrogen and oxygen atoms in total. The van der Waals surface area contributed by atoms with Gasteiger partial charge in [-0.25, -0.2) is 0 Å². The highest BCUT2D eigenvalue weighted by molar-refractivity contribution is 6.33. The Bertz CT molecular complexity index is 960. The summed E-state index contributed by atoms with van der Waals surface area (Å²) in [4.78, 5) is 6.89. The van der Waals surface area contributed by atoms with Crippen molar-refractivity contribution in [1.29, 1.82) is 0 Å². The van der Waals surface area contributed by atoms with Crippen molar-refractivity contribution in [3.05, 3.63) is 58.9 Å². The van der Waals surface area contributed by atoms with Crippen LogP contribution in [0.5, 0.6) is 11.5 Å². The number of hydrogen-bond donors (Lipinski definition) is 0. The van der Waals surface area contributed by atoms with Crippen LogP contribution in [0.2, 0.25) is 5.02 Å². The first kappa shape index (κ1) is 18.8. The van der Waals surface area contributed by atoms with Crippen LogP contribution < -0.4 is 9.47 Å². The third kappa shape index (κ3) is 3.70. The highest BCUT2D eigenvalue weighted by Gasteiger charge is 2.30. The quantitative estimate of drug-likeness (QED) is 0.596. The van der Waals surface area contributed by atoms with Gasteiger partial charge < -0.3 is 14.0 Å². The van der Waals surface area contributed by atoms with Crippen molar-refractivity contribution in [1.82, 2.24) is 15.0 Å². The van der Waals surface area contributed by atoms with Gasteiger partial charge in [-0.15, -0.1) is 0 Å². The molecule has 4 rings (SSSR count). The summed E-state index contributed by atoms with van der Waals surface area (Å²) in [5, 5.41) is 4.71. The number of methoxy groups -OCH3 is 2. The smallest absolute Gasteiger partial charge is 0.241 e. The Hall–Kier alpha value is -2.57. The molecule has 3 aromatic rings. The maximum Gasteiger partial charge on any atom is 0.241 e. The SMILES string of the molecule is COc1ccc([C@@H]2CCCN2Cc2nc(-c3ccccc3Cl)no2)c(OC)c1. The van der Waals surface area contributed by atoms with E-state index in [4.69, 9.17) is 25.6 Å². The highest BCUT2D eigenvalue weighted by Crippen LogP contribution is 2.39. The largest absolute Gasteiger partial charge is 0.497 e. The minimum atomic E-state index is 0.233. The third-order valence-corrected chi connectivity index (χ3v) is 5.41. The van der Waals surface area contributed by atoms with Gasteiger partial charge in [-0.2, -0.15) is 4.98 Å². The number of ether oxygens (including phenoxy) is 2. The van der Waals surface area contributed by atoms with Gasteiger partial charge in [-0.05, 0) is 37.6 Å². The lowest BCUT2D eigenvalue weighted by Crippen LogP contribution is -2.23. The van der Waals surface area contributed by atoms with Crippen LogP contribution >= 0.6 is 11.6 Å². The Balaban J connectivity index is 1.55. The van der Waals surface area contributed by atoms with Crippen molar-refractivity contribution >= 4 is 11.6 Å². The van der Waals surface area contributed by atoms with Gasteiger partial charge >= 0.3 is 0 Å². The molecule has 0 amide bonds. The van der Waals surface area contributed by atoms with E-state index in [1.54, 1.807) is 14.2 Å². The first-order valence-corrected chi connectivity index (χ1v) is 9.61. The van der Waals surface area contributed by atoms with Crippen molar-refractivity contribution in [3.8, 4) is 22.9 Å². The summed E-state index contributed by atoms with van der Waals surface area (Å²) in [6.45, 7) is 1.54. The Kier molecular flexibility index (Phi) is 5.50. The van der Waals surface area contributed by atoms with Crippen LogP contribution in [0.3, 0.4) is 0 Å². The van der Waals surface area contributed by atoms with Crippen LogP contribution in [0, 0.1) is 0 Å². The normalized spacial score (nSPS) is 17.0. The lowest BCUT2D eigenvalue weighted by molar-refractivity contribution is 0.209. The Morgan fingerprint density at radius 2 is 2.04 bits per heavy atom. The van der Waals surface area contributed by atoms with Crippen LogP contribution in [-0.2, 0) is 6.54 Å². The second-order valence-corrected chi connectivity index (χ2v) is 7.14. The van der Waals surface area contributed by atoms with Crippen LogP contribution in [0.25, 0.3) is 11.4 Å². The van der Waals surface area contributed by atoms with Crippen LogP contribution in [-0.4, -0.2) is 35.8 Å². The summed E-state index contributed by atoms with van der Waals surface area (Å²) in [5.41, 5.74) is 1.92. The molecule has 1 aromatic heterocycles. The van der Waals surface area contributed by atoms with E-state index in [2.05, 4.69) is 21.1 Å². The Morgan fingerprint density at radius 1 is 1.18 bits per heavy atom. The van der Waals surface area contributed by atoms with E-state index >= 15 is 0 Å². The topological polar surface area (TPSA) is 60.6 Å². The molecule has 1 saturated heterocycles. The summed E-state index contributed by atoms with van der Waals surface area (Å²) in [6, 6.07) is 13.7. The van der Waals surface area contributed by atoms with Gasteiger partial charge in [0, 0.05) is 23.2 Å². The second kappa shape index (κ2) is 8.20. The molecular weight excluding hydrogens is 378 g/mol. The fourth-order valence-corrected chi connectivity index (χ4v) is 3.93. The van der Waals surface area contributed by atoms with Crippen LogP contribution in [0.15, 0.2) is 47.0 Å². The zero-order valence-electron chi connectivity index (χ0n) is 15.9. The van der Waals surface area contributed by atoms with Crippen molar-refractivity contribution in [2.45, 2.75) is 25.4 Å². The first-order valence-electron chi connectivity index (χ1n) is 9.23. The van der Waals surface area contributed by atoms with Crippen molar-refractivity contribution in [2.75, 3.05) is 20.8 Å². The predicted octanol–water partition coefficient (Wildman–Crippen LogP) is 4.74. The zero-order valence-corrected chi connectivity index (χ0v) is 16.6. The van der Waals surface area contributed by atoms with Gasteiger partial charge in [-0.3, -0.25) is 4.90 Å². The fraction of sp³-hybridized carbons (Fsp3) is 0.333. The van der Waals surface area contributed by atoms with Gasteiger partial charge in [-0.1, -0.05) is 35.0 Å². The number of hydrogen-bond acceptors (Lipinski definition) is 6. The molecular formula is C21H22ClN3O3. The highest BCUT2D eigenvalue weighted by atomic mass is 35.5. The maximum atomic E-state index is 6.24. The molecule has 0 bridgehead atoms. The summed E-state index contributed by atoms with van der Waals surface area (Å²) >= 11 is 6.24. The molecule has 0 radical (unpaired) electrons.